The van der Waals surface area contributed by atoms with E-state index in [-0.39, 0.29) is 0 Å². The van der Waals surface area contributed by atoms with E-state index in [1.165, 1.54) is 33.0 Å². The normalized spacial score (nSPS) is 13.1. The standard InChI is InChI=1S/C54H33N3O/c1-2-14-35(15-3-1)51-55-52(41-30-29-39-32-38(27-28-40(39)33-41)37-26-25-34-13-4-5-16-36(34)31-37)57-53(56-51)43-18-12-22-47-50(43)42-17-6-7-19-44(42)54(47)45-20-8-10-23-48(45)58-49-24-11-9-21-46(49)54/h1-33H. The molecule has 0 saturated carbocycles. The van der Waals surface area contributed by atoms with Crippen LogP contribution in [0.2, 0.25) is 0 Å². The van der Waals surface area contributed by atoms with Gasteiger partial charge in [-0.05, 0) is 85.3 Å². The maximum atomic E-state index is 6.58. The summed E-state index contributed by atoms with van der Waals surface area (Å²) in [5.74, 6) is 3.62. The Hall–Kier alpha value is -7.69. The summed E-state index contributed by atoms with van der Waals surface area (Å²) in [6.45, 7) is 0. The predicted molar refractivity (Wildman–Crippen MR) is 234 cm³/mol. The van der Waals surface area contributed by atoms with Gasteiger partial charge in [-0.15, -0.1) is 0 Å². The van der Waals surface area contributed by atoms with Gasteiger partial charge in [0.1, 0.15) is 11.5 Å². The molecule has 4 heteroatoms. The molecule has 1 aliphatic carbocycles. The van der Waals surface area contributed by atoms with Crippen molar-refractivity contribution in [2.24, 2.45) is 0 Å². The summed E-state index contributed by atoms with van der Waals surface area (Å²) >= 11 is 0. The third-order valence-electron chi connectivity index (χ3n) is 12.0. The zero-order valence-corrected chi connectivity index (χ0v) is 31.3. The van der Waals surface area contributed by atoms with E-state index in [9.17, 15) is 0 Å². The molecule has 0 saturated heterocycles. The van der Waals surface area contributed by atoms with E-state index < -0.39 is 5.41 Å². The SMILES string of the molecule is c1ccc(-c2nc(-c3ccc4cc(-c5ccc6ccccc6c5)ccc4c3)nc(-c3cccc4c3-c3ccccc3C43c4ccccc4Oc4ccccc43)n2)cc1. The molecule has 9 aromatic carbocycles. The van der Waals surface area contributed by atoms with E-state index in [2.05, 4.69) is 170 Å². The number of para-hydroxylation sites is 2. The first-order valence-electron chi connectivity index (χ1n) is 19.7. The average molecular weight is 740 g/mol. The summed E-state index contributed by atoms with van der Waals surface area (Å²) in [6.07, 6.45) is 0. The first kappa shape index (κ1) is 32.5. The molecule has 270 valence electrons. The number of aromatic nitrogens is 3. The molecule has 1 aliphatic heterocycles. The number of hydrogen-bond acceptors (Lipinski definition) is 4. The number of benzene rings is 9. The highest BCUT2D eigenvalue weighted by Gasteiger charge is 2.51. The third kappa shape index (κ3) is 4.85. The predicted octanol–water partition coefficient (Wildman–Crippen LogP) is 13.3. The highest BCUT2D eigenvalue weighted by atomic mass is 16.5. The van der Waals surface area contributed by atoms with Gasteiger partial charge in [-0.3, -0.25) is 0 Å². The molecule has 0 amide bonds. The second-order valence-corrected chi connectivity index (χ2v) is 15.1. The summed E-state index contributed by atoms with van der Waals surface area (Å²) in [4.78, 5) is 15.7. The van der Waals surface area contributed by atoms with Gasteiger partial charge in [-0.25, -0.2) is 15.0 Å². The van der Waals surface area contributed by atoms with E-state index in [4.69, 9.17) is 19.7 Å². The van der Waals surface area contributed by atoms with Gasteiger partial charge >= 0.3 is 0 Å². The summed E-state index contributed by atoms with van der Waals surface area (Å²) in [5.41, 5.74) is 11.6. The number of ether oxygens (including phenoxy) is 1. The molecule has 0 N–H and O–H groups in total. The Bertz CT molecular complexity index is 3230. The van der Waals surface area contributed by atoms with E-state index in [1.807, 2.05) is 30.3 Å². The van der Waals surface area contributed by atoms with Gasteiger partial charge in [0.25, 0.3) is 0 Å². The van der Waals surface area contributed by atoms with Gasteiger partial charge < -0.3 is 4.74 Å². The van der Waals surface area contributed by atoms with Crippen LogP contribution in [0.1, 0.15) is 22.3 Å². The van der Waals surface area contributed by atoms with Crippen molar-refractivity contribution in [2.45, 2.75) is 5.41 Å². The van der Waals surface area contributed by atoms with Crippen molar-refractivity contribution in [3.05, 3.63) is 222 Å². The van der Waals surface area contributed by atoms with Crippen molar-refractivity contribution in [3.63, 3.8) is 0 Å². The molecule has 0 fully saturated rings. The zero-order valence-electron chi connectivity index (χ0n) is 31.3. The highest BCUT2D eigenvalue weighted by Crippen LogP contribution is 2.63. The summed E-state index contributed by atoms with van der Waals surface area (Å²) in [5, 5.41) is 4.76. The van der Waals surface area contributed by atoms with Crippen LogP contribution in [0.15, 0.2) is 200 Å². The fourth-order valence-electron chi connectivity index (χ4n) is 9.36. The van der Waals surface area contributed by atoms with Crippen LogP contribution in [0, 0.1) is 0 Å². The van der Waals surface area contributed by atoms with Crippen molar-refractivity contribution in [1.82, 2.24) is 15.0 Å². The minimum atomic E-state index is -0.588. The Labute approximate surface area is 335 Å². The molecule has 2 heterocycles. The molecule has 58 heavy (non-hydrogen) atoms. The van der Waals surface area contributed by atoms with E-state index in [1.54, 1.807) is 0 Å². The van der Waals surface area contributed by atoms with Gasteiger partial charge in [0, 0.05) is 27.8 Å². The molecular weight excluding hydrogens is 707 g/mol. The Balaban J connectivity index is 1.05. The fraction of sp³-hybridized carbons (Fsp3) is 0.0185. The lowest BCUT2D eigenvalue weighted by molar-refractivity contribution is 0.436. The van der Waals surface area contributed by atoms with Crippen molar-refractivity contribution < 1.29 is 4.74 Å². The highest BCUT2D eigenvalue weighted by molar-refractivity contribution is 5.96. The van der Waals surface area contributed by atoms with Crippen LogP contribution < -0.4 is 4.74 Å². The van der Waals surface area contributed by atoms with Crippen molar-refractivity contribution in [3.8, 4) is 67.9 Å². The lowest BCUT2D eigenvalue weighted by atomic mass is 9.66. The Morgan fingerprint density at radius 1 is 0.310 bits per heavy atom. The van der Waals surface area contributed by atoms with Gasteiger partial charge in [0.05, 0.1) is 5.41 Å². The van der Waals surface area contributed by atoms with Gasteiger partial charge in [0.15, 0.2) is 17.5 Å². The molecule has 10 aromatic rings. The Morgan fingerprint density at radius 3 is 1.52 bits per heavy atom. The quantitative estimate of drug-likeness (QED) is 0.180. The zero-order chi connectivity index (χ0) is 38.2. The van der Waals surface area contributed by atoms with E-state index in [0.717, 1.165) is 61.2 Å². The van der Waals surface area contributed by atoms with Gasteiger partial charge in [0.2, 0.25) is 0 Å². The summed E-state index contributed by atoms with van der Waals surface area (Å²) in [7, 11) is 0. The van der Waals surface area contributed by atoms with Crippen LogP contribution in [0.25, 0.3) is 78.0 Å². The number of rotatable bonds is 4. The van der Waals surface area contributed by atoms with Crippen LogP contribution in [0.3, 0.4) is 0 Å². The molecule has 4 nitrogen and oxygen atoms in total. The van der Waals surface area contributed by atoms with Crippen molar-refractivity contribution in [2.75, 3.05) is 0 Å². The maximum absolute atomic E-state index is 6.58. The largest absolute Gasteiger partial charge is 0.457 e. The van der Waals surface area contributed by atoms with Gasteiger partial charge in [-0.2, -0.15) is 0 Å². The second-order valence-electron chi connectivity index (χ2n) is 15.1. The lowest BCUT2D eigenvalue weighted by Crippen LogP contribution is -2.32. The fourth-order valence-corrected chi connectivity index (χ4v) is 9.36. The van der Waals surface area contributed by atoms with Gasteiger partial charge in [-0.1, -0.05) is 170 Å². The number of nitrogens with zero attached hydrogens (tertiary/aromatic N) is 3. The van der Waals surface area contributed by atoms with Crippen LogP contribution in [0.5, 0.6) is 11.5 Å². The molecule has 1 spiro atoms. The molecule has 1 aromatic heterocycles. The van der Waals surface area contributed by atoms with E-state index in [0.29, 0.717) is 17.5 Å². The monoisotopic (exact) mass is 739 g/mol. The topological polar surface area (TPSA) is 47.9 Å². The van der Waals surface area contributed by atoms with Crippen molar-refractivity contribution in [1.29, 1.82) is 0 Å². The smallest absolute Gasteiger partial charge is 0.164 e. The maximum Gasteiger partial charge on any atom is 0.164 e. The summed E-state index contributed by atoms with van der Waals surface area (Å²) < 4.78 is 6.58. The van der Waals surface area contributed by atoms with Crippen LogP contribution in [-0.2, 0) is 5.41 Å². The van der Waals surface area contributed by atoms with Crippen molar-refractivity contribution >= 4 is 21.5 Å². The minimum Gasteiger partial charge on any atom is -0.457 e. The molecular formula is C54H33N3O. The summed E-state index contributed by atoms with van der Waals surface area (Å²) in [6, 6.07) is 70.8. The molecule has 0 unspecified atom stereocenters. The molecule has 0 bridgehead atoms. The van der Waals surface area contributed by atoms with E-state index >= 15 is 0 Å². The average Bonchev–Trinajstić information content (AvgIpc) is 3.59. The van der Waals surface area contributed by atoms with Crippen LogP contribution in [-0.4, -0.2) is 15.0 Å². The number of fused-ring (bicyclic) bond motifs is 11. The number of hydrogen-bond donors (Lipinski definition) is 0. The first-order chi connectivity index (χ1) is 28.7. The lowest BCUT2D eigenvalue weighted by Gasteiger charge is -2.39. The minimum absolute atomic E-state index is 0.588. The first-order valence-corrected chi connectivity index (χ1v) is 19.7. The molecule has 0 radical (unpaired) electrons. The van der Waals surface area contributed by atoms with Crippen LogP contribution in [0.4, 0.5) is 0 Å². The second kappa shape index (κ2) is 12.7. The Morgan fingerprint density at radius 2 is 0.793 bits per heavy atom. The molecule has 2 aliphatic rings. The Kier molecular flexibility index (Phi) is 7.11. The molecule has 0 atom stereocenters. The third-order valence-corrected chi connectivity index (χ3v) is 12.0. The molecule has 12 rings (SSSR count). The van der Waals surface area contributed by atoms with Crippen LogP contribution >= 0.6 is 0 Å².